The lowest BCUT2D eigenvalue weighted by molar-refractivity contribution is 0.0699. The molecule has 110 valence electrons. The Kier molecular flexibility index (Phi) is 4.10. The molecule has 0 amide bonds. The second-order valence-electron chi connectivity index (χ2n) is 5.55. The van der Waals surface area contributed by atoms with Crippen LogP contribution in [-0.2, 0) is 4.74 Å². The van der Waals surface area contributed by atoms with Crippen LogP contribution in [0.5, 0.6) is 0 Å². The first-order valence-corrected chi connectivity index (χ1v) is 7.21. The SMILES string of the molecule is FC(F)c1cc(NCC2CCOCC2)nc(C2CC2)n1. The predicted molar refractivity (Wildman–Crippen MR) is 71.0 cm³/mol. The quantitative estimate of drug-likeness (QED) is 0.902. The van der Waals surface area contributed by atoms with Crippen molar-refractivity contribution in [3.63, 3.8) is 0 Å². The molecule has 0 unspecified atom stereocenters. The van der Waals surface area contributed by atoms with Crippen LogP contribution in [0.3, 0.4) is 0 Å². The van der Waals surface area contributed by atoms with Gasteiger partial charge in [0.05, 0.1) is 0 Å². The molecule has 2 fully saturated rings. The van der Waals surface area contributed by atoms with Crippen LogP contribution < -0.4 is 5.32 Å². The van der Waals surface area contributed by atoms with E-state index in [1.807, 2.05) is 0 Å². The van der Waals surface area contributed by atoms with E-state index in [9.17, 15) is 8.78 Å². The van der Waals surface area contributed by atoms with Gasteiger partial charge in [-0.15, -0.1) is 0 Å². The Morgan fingerprint density at radius 1 is 1.20 bits per heavy atom. The first kappa shape index (κ1) is 13.7. The first-order valence-electron chi connectivity index (χ1n) is 7.21. The van der Waals surface area contributed by atoms with Gasteiger partial charge >= 0.3 is 0 Å². The van der Waals surface area contributed by atoms with Crippen molar-refractivity contribution >= 4 is 5.82 Å². The maximum atomic E-state index is 12.9. The first-order chi connectivity index (χ1) is 9.72. The topological polar surface area (TPSA) is 47.0 Å². The number of nitrogens with one attached hydrogen (secondary N) is 1. The fraction of sp³-hybridized carbons (Fsp3) is 0.714. The molecule has 0 bridgehead atoms. The summed E-state index contributed by atoms with van der Waals surface area (Å²) in [5, 5.41) is 3.19. The molecular formula is C14H19F2N3O. The summed E-state index contributed by atoms with van der Waals surface area (Å²) < 4.78 is 31.1. The van der Waals surface area contributed by atoms with E-state index in [1.165, 1.54) is 6.07 Å². The number of alkyl halides is 2. The molecule has 1 aromatic rings. The summed E-state index contributed by atoms with van der Waals surface area (Å²) in [6, 6.07) is 1.37. The summed E-state index contributed by atoms with van der Waals surface area (Å²) in [5.74, 6) is 1.90. The third kappa shape index (κ3) is 3.42. The smallest absolute Gasteiger partial charge is 0.280 e. The van der Waals surface area contributed by atoms with Gasteiger partial charge < -0.3 is 10.1 Å². The van der Waals surface area contributed by atoms with Crippen molar-refractivity contribution < 1.29 is 13.5 Å². The molecule has 1 saturated heterocycles. The number of ether oxygens (including phenoxy) is 1. The number of hydrogen-bond acceptors (Lipinski definition) is 4. The van der Waals surface area contributed by atoms with Crippen LogP contribution >= 0.6 is 0 Å². The van der Waals surface area contributed by atoms with Gasteiger partial charge in [-0.3, -0.25) is 0 Å². The van der Waals surface area contributed by atoms with Crippen LogP contribution in [0.4, 0.5) is 14.6 Å². The molecule has 1 aromatic heterocycles. The summed E-state index contributed by atoms with van der Waals surface area (Å²) in [7, 11) is 0. The van der Waals surface area contributed by atoms with Gasteiger partial charge in [0.15, 0.2) is 0 Å². The van der Waals surface area contributed by atoms with Gasteiger partial charge in [-0.25, -0.2) is 18.7 Å². The van der Waals surface area contributed by atoms with Crippen molar-refractivity contribution in [1.82, 2.24) is 9.97 Å². The van der Waals surface area contributed by atoms with E-state index in [0.717, 1.165) is 45.4 Å². The number of halogens is 2. The van der Waals surface area contributed by atoms with Crippen LogP contribution in [0, 0.1) is 5.92 Å². The zero-order valence-corrected chi connectivity index (χ0v) is 11.3. The Balaban J connectivity index is 1.67. The lowest BCUT2D eigenvalue weighted by atomic mass is 10.0. The normalized spacial score (nSPS) is 20.4. The van der Waals surface area contributed by atoms with Crippen LogP contribution in [0.15, 0.2) is 6.07 Å². The third-order valence-corrected chi connectivity index (χ3v) is 3.84. The predicted octanol–water partition coefficient (Wildman–Crippen LogP) is 3.13. The van der Waals surface area contributed by atoms with Gasteiger partial charge in [0, 0.05) is 31.7 Å². The van der Waals surface area contributed by atoms with Crippen molar-refractivity contribution in [2.75, 3.05) is 25.1 Å². The zero-order chi connectivity index (χ0) is 13.9. The van der Waals surface area contributed by atoms with E-state index in [-0.39, 0.29) is 11.6 Å². The minimum Gasteiger partial charge on any atom is -0.381 e. The van der Waals surface area contributed by atoms with E-state index in [1.54, 1.807) is 0 Å². The lowest BCUT2D eigenvalue weighted by Crippen LogP contribution is -2.23. The molecule has 0 radical (unpaired) electrons. The highest BCUT2D eigenvalue weighted by Crippen LogP contribution is 2.39. The van der Waals surface area contributed by atoms with Crippen LogP contribution in [0.25, 0.3) is 0 Å². The Bertz CT molecular complexity index is 439. The zero-order valence-electron chi connectivity index (χ0n) is 11.3. The van der Waals surface area contributed by atoms with Crippen LogP contribution in [0.1, 0.15) is 49.5 Å². The van der Waals surface area contributed by atoms with Crippen molar-refractivity contribution in [2.24, 2.45) is 5.92 Å². The van der Waals surface area contributed by atoms with E-state index in [2.05, 4.69) is 15.3 Å². The van der Waals surface area contributed by atoms with Crippen LogP contribution in [0.2, 0.25) is 0 Å². The molecule has 20 heavy (non-hydrogen) atoms. The Morgan fingerprint density at radius 2 is 1.95 bits per heavy atom. The maximum Gasteiger partial charge on any atom is 0.280 e. The fourth-order valence-corrected chi connectivity index (χ4v) is 2.41. The van der Waals surface area contributed by atoms with Gasteiger partial charge in [0.25, 0.3) is 6.43 Å². The molecule has 4 nitrogen and oxygen atoms in total. The number of aromatic nitrogens is 2. The van der Waals surface area contributed by atoms with Gasteiger partial charge in [-0.2, -0.15) is 0 Å². The molecule has 0 spiro atoms. The lowest BCUT2D eigenvalue weighted by Gasteiger charge is -2.22. The Morgan fingerprint density at radius 3 is 2.60 bits per heavy atom. The Hall–Kier alpha value is -1.30. The molecule has 0 atom stereocenters. The highest BCUT2D eigenvalue weighted by molar-refractivity contribution is 5.37. The van der Waals surface area contributed by atoms with E-state index in [4.69, 9.17) is 4.74 Å². The largest absolute Gasteiger partial charge is 0.381 e. The number of hydrogen-bond donors (Lipinski definition) is 1. The van der Waals surface area contributed by atoms with Crippen molar-refractivity contribution in [1.29, 1.82) is 0 Å². The van der Waals surface area contributed by atoms with E-state index >= 15 is 0 Å². The second-order valence-corrected chi connectivity index (χ2v) is 5.55. The maximum absolute atomic E-state index is 12.9. The number of nitrogens with zero attached hydrogens (tertiary/aromatic N) is 2. The molecule has 0 aromatic carbocycles. The molecule has 1 N–H and O–H groups in total. The second kappa shape index (κ2) is 5.99. The average Bonchev–Trinajstić information content (AvgIpc) is 3.30. The molecule has 6 heteroatoms. The standard InChI is InChI=1S/C14H19F2N3O/c15-13(16)11-7-12(19-14(18-11)10-1-2-10)17-8-9-3-5-20-6-4-9/h7,9-10,13H,1-6,8H2,(H,17,18,19). The highest BCUT2D eigenvalue weighted by Gasteiger charge is 2.28. The number of anilines is 1. The average molecular weight is 283 g/mol. The van der Waals surface area contributed by atoms with E-state index in [0.29, 0.717) is 17.6 Å². The molecule has 1 aliphatic carbocycles. The summed E-state index contributed by atoms with van der Waals surface area (Å²) in [6.45, 7) is 2.32. The molecule has 1 saturated carbocycles. The summed E-state index contributed by atoms with van der Waals surface area (Å²) >= 11 is 0. The molecule has 2 heterocycles. The molecule has 3 rings (SSSR count). The summed E-state index contributed by atoms with van der Waals surface area (Å²) in [6.07, 6.45) is 1.49. The molecule has 1 aliphatic heterocycles. The van der Waals surface area contributed by atoms with Gasteiger partial charge in [-0.05, 0) is 31.6 Å². The minimum absolute atomic E-state index is 0.170. The van der Waals surface area contributed by atoms with Gasteiger partial charge in [0.2, 0.25) is 0 Å². The van der Waals surface area contributed by atoms with Crippen molar-refractivity contribution in [3.8, 4) is 0 Å². The minimum atomic E-state index is -2.54. The van der Waals surface area contributed by atoms with Gasteiger partial charge in [-0.1, -0.05) is 0 Å². The Labute approximate surface area is 117 Å². The van der Waals surface area contributed by atoms with Crippen molar-refractivity contribution in [3.05, 3.63) is 17.6 Å². The monoisotopic (exact) mass is 283 g/mol. The third-order valence-electron chi connectivity index (χ3n) is 3.84. The highest BCUT2D eigenvalue weighted by atomic mass is 19.3. The fourth-order valence-electron chi connectivity index (χ4n) is 2.41. The summed E-state index contributed by atoms with van der Waals surface area (Å²) in [4.78, 5) is 8.34. The van der Waals surface area contributed by atoms with Crippen molar-refractivity contribution in [2.45, 2.75) is 38.0 Å². The molecule has 2 aliphatic rings. The van der Waals surface area contributed by atoms with Gasteiger partial charge in [0.1, 0.15) is 17.3 Å². The van der Waals surface area contributed by atoms with Crippen LogP contribution in [-0.4, -0.2) is 29.7 Å². The molecular weight excluding hydrogens is 264 g/mol. The van der Waals surface area contributed by atoms with E-state index < -0.39 is 6.43 Å². The number of rotatable bonds is 5. The summed E-state index contributed by atoms with van der Waals surface area (Å²) in [5.41, 5.74) is -0.170.